The van der Waals surface area contributed by atoms with E-state index in [1.807, 2.05) is 19.3 Å². The van der Waals surface area contributed by atoms with Gasteiger partial charge in [0.2, 0.25) is 5.89 Å². The molecule has 1 aliphatic carbocycles. The van der Waals surface area contributed by atoms with E-state index in [9.17, 15) is 0 Å². The number of aryl methyl sites for hydroxylation is 1. The van der Waals surface area contributed by atoms with Crippen LogP contribution in [0.25, 0.3) is 0 Å². The summed E-state index contributed by atoms with van der Waals surface area (Å²) in [5.41, 5.74) is 4.07. The maximum Gasteiger partial charge on any atom is 0.231 e. The first kappa shape index (κ1) is 12.3. The molecular formula is C16H16N4O. The van der Waals surface area contributed by atoms with Crippen molar-refractivity contribution in [3.8, 4) is 0 Å². The van der Waals surface area contributed by atoms with Crippen LogP contribution in [0.4, 0.5) is 0 Å². The number of hydrogen-bond acceptors (Lipinski definition) is 4. The summed E-state index contributed by atoms with van der Waals surface area (Å²) in [5, 5.41) is 3.86. The fourth-order valence-corrected chi connectivity index (χ4v) is 3.22. The topological polar surface area (TPSA) is 67.6 Å². The molecule has 0 saturated carbocycles. The summed E-state index contributed by atoms with van der Waals surface area (Å²) in [5.74, 6) is 2.80. The lowest BCUT2D eigenvalue weighted by atomic mass is 9.97. The van der Waals surface area contributed by atoms with Crippen molar-refractivity contribution >= 4 is 0 Å². The summed E-state index contributed by atoms with van der Waals surface area (Å²) in [4.78, 5) is 12.0. The fourth-order valence-electron chi connectivity index (χ4n) is 3.22. The Bertz CT molecular complexity index is 760. The Morgan fingerprint density at radius 2 is 2.33 bits per heavy atom. The van der Waals surface area contributed by atoms with Gasteiger partial charge in [-0.2, -0.15) is 4.98 Å². The lowest BCUT2D eigenvalue weighted by molar-refractivity contribution is 0.381. The van der Waals surface area contributed by atoms with Crippen molar-refractivity contribution in [1.82, 2.24) is 20.1 Å². The highest BCUT2D eigenvalue weighted by Gasteiger charge is 2.27. The Hall–Kier alpha value is -2.43. The number of aromatic nitrogens is 4. The van der Waals surface area contributed by atoms with Gasteiger partial charge in [-0.15, -0.1) is 0 Å². The van der Waals surface area contributed by atoms with Gasteiger partial charge >= 0.3 is 0 Å². The van der Waals surface area contributed by atoms with E-state index < -0.39 is 0 Å². The third-order valence-corrected chi connectivity index (χ3v) is 4.13. The van der Waals surface area contributed by atoms with Gasteiger partial charge in [-0.05, 0) is 36.5 Å². The predicted molar refractivity (Wildman–Crippen MR) is 77.0 cm³/mol. The Morgan fingerprint density at radius 1 is 1.38 bits per heavy atom. The van der Waals surface area contributed by atoms with E-state index in [4.69, 9.17) is 4.52 Å². The van der Waals surface area contributed by atoms with E-state index in [1.54, 1.807) is 0 Å². The summed E-state index contributed by atoms with van der Waals surface area (Å²) in [6, 6.07) is 6.47. The van der Waals surface area contributed by atoms with Gasteiger partial charge in [0.25, 0.3) is 0 Å². The molecule has 0 aliphatic heterocycles. The third kappa shape index (κ3) is 2.14. The Balaban J connectivity index is 1.69. The number of benzene rings is 1. The van der Waals surface area contributed by atoms with Crippen LogP contribution in [0, 0.1) is 6.92 Å². The van der Waals surface area contributed by atoms with Crippen molar-refractivity contribution in [2.45, 2.75) is 32.1 Å². The first-order valence-corrected chi connectivity index (χ1v) is 7.20. The number of nitrogens with one attached hydrogen (secondary N) is 1. The van der Waals surface area contributed by atoms with Crippen LogP contribution in [-0.2, 0) is 12.8 Å². The summed E-state index contributed by atoms with van der Waals surface area (Å²) in [7, 11) is 0. The van der Waals surface area contributed by atoms with Crippen molar-refractivity contribution in [2.75, 3.05) is 0 Å². The van der Waals surface area contributed by atoms with Crippen LogP contribution in [0.2, 0.25) is 0 Å². The first-order chi connectivity index (χ1) is 10.3. The Morgan fingerprint density at radius 3 is 3.10 bits per heavy atom. The fraction of sp³-hybridized carbons (Fsp3) is 0.312. The van der Waals surface area contributed by atoms with Crippen LogP contribution < -0.4 is 0 Å². The third-order valence-electron chi connectivity index (χ3n) is 4.13. The molecule has 21 heavy (non-hydrogen) atoms. The van der Waals surface area contributed by atoms with Crippen LogP contribution >= 0.6 is 0 Å². The van der Waals surface area contributed by atoms with E-state index in [1.165, 1.54) is 16.7 Å². The number of imidazole rings is 1. The van der Waals surface area contributed by atoms with Crippen LogP contribution in [-0.4, -0.2) is 20.1 Å². The van der Waals surface area contributed by atoms with Gasteiger partial charge in [-0.1, -0.05) is 23.4 Å². The number of nitrogens with zero attached hydrogens (tertiary/aromatic N) is 3. The number of H-pyrrole nitrogens is 1. The molecule has 1 aliphatic rings. The number of hydrogen-bond donors (Lipinski definition) is 1. The first-order valence-electron chi connectivity index (χ1n) is 7.20. The highest BCUT2D eigenvalue weighted by molar-refractivity contribution is 5.44. The molecule has 0 bridgehead atoms. The van der Waals surface area contributed by atoms with Gasteiger partial charge in [0, 0.05) is 18.3 Å². The summed E-state index contributed by atoms with van der Waals surface area (Å²) in [6.07, 6.45) is 6.58. The van der Waals surface area contributed by atoms with E-state index >= 15 is 0 Å². The second-order valence-electron chi connectivity index (χ2n) is 5.46. The van der Waals surface area contributed by atoms with E-state index in [2.05, 4.69) is 38.3 Å². The average molecular weight is 280 g/mol. The smallest absolute Gasteiger partial charge is 0.231 e. The van der Waals surface area contributed by atoms with Gasteiger partial charge in [0.05, 0.1) is 6.42 Å². The van der Waals surface area contributed by atoms with Crippen LogP contribution in [0.3, 0.4) is 0 Å². The van der Waals surface area contributed by atoms with Crippen molar-refractivity contribution in [2.24, 2.45) is 0 Å². The van der Waals surface area contributed by atoms with E-state index in [0.717, 1.165) is 18.7 Å². The highest BCUT2D eigenvalue weighted by atomic mass is 16.5. The largest absolute Gasteiger partial charge is 0.348 e. The monoisotopic (exact) mass is 280 g/mol. The molecule has 106 valence electrons. The standard InChI is InChI=1S/C16H16N4O/c1-10-19-15(21-20-10)9-11-3-2-4-13-12(11)5-6-14(13)16-17-7-8-18-16/h2-4,7-8,14H,5-6,9H2,1H3,(H,17,18)/t14-/m1/s1. The van der Waals surface area contributed by atoms with E-state index in [-0.39, 0.29) is 0 Å². The molecule has 5 heteroatoms. The van der Waals surface area contributed by atoms with Gasteiger partial charge in [-0.3, -0.25) is 0 Å². The van der Waals surface area contributed by atoms with E-state index in [0.29, 0.717) is 24.1 Å². The quantitative estimate of drug-likeness (QED) is 0.801. The molecule has 0 saturated heterocycles. The zero-order chi connectivity index (χ0) is 14.2. The minimum absolute atomic E-state index is 0.374. The highest BCUT2D eigenvalue weighted by Crippen LogP contribution is 2.38. The van der Waals surface area contributed by atoms with Crippen molar-refractivity contribution in [3.05, 3.63) is 64.8 Å². The van der Waals surface area contributed by atoms with Crippen molar-refractivity contribution < 1.29 is 4.52 Å². The molecule has 0 fully saturated rings. The summed E-state index contributed by atoms with van der Waals surface area (Å²) < 4.78 is 5.25. The lowest BCUT2D eigenvalue weighted by Crippen LogP contribution is -2.00. The normalized spacial score (nSPS) is 17.1. The molecule has 2 heterocycles. The minimum Gasteiger partial charge on any atom is -0.348 e. The second-order valence-corrected chi connectivity index (χ2v) is 5.46. The van der Waals surface area contributed by atoms with Crippen LogP contribution in [0.15, 0.2) is 35.1 Å². The van der Waals surface area contributed by atoms with Gasteiger partial charge in [0.1, 0.15) is 5.82 Å². The molecule has 2 aromatic heterocycles. The maximum absolute atomic E-state index is 5.25. The molecular weight excluding hydrogens is 264 g/mol. The Kier molecular flexibility index (Phi) is 2.84. The number of aromatic amines is 1. The number of rotatable bonds is 3. The lowest BCUT2D eigenvalue weighted by Gasteiger charge is -2.10. The SMILES string of the molecule is Cc1noc(Cc2cccc3c2CC[C@H]3c2ncc[nH]2)n1. The van der Waals surface area contributed by atoms with Gasteiger partial charge in [0.15, 0.2) is 5.82 Å². The molecule has 1 atom stereocenters. The van der Waals surface area contributed by atoms with Crippen LogP contribution in [0.1, 0.15) is 46.6 Å². The zero-order valence-electron chi connectivity index (χ0n) is 11.8. The molecule has 0 radical (unpaired) electrons. The molecule has 0 unspecified atom stereocenters. The van der Waals surface area contributed by atoms with Gasteiger partial charge < -0.3 is 9.51 Å². The molecule has 0 spiro atoms. The molecule has 1 N–H and O–H groups in total. The zero-order valence-corrected chi connectivity index (χ0v) is 11.8. The molecule has 3 aromatic rings. The van der Waals surface area contributed by atoms with Crippen LogP contribution in [0.5, 0.6) is 0 Å². The van der Waals surface area contributed by atoms with Crippen molar-refractivity contribution in [3.63, 3.8) is 0 Å². The number of fused-ring (bicyclic) bond motifs is 1. The molecule has 1 aromatic carbocycles. The summed E-state index contributed by atoms with van der Waals surface area (Å²) >= 11 is 0. The summed E-state index contributed by atoms with van der Waals surface area (Å²) in [6.45, 7) is 1.84. The second kappa shape index (κ2) is 4.84. The molecule has 5 nitrogen and oxygen atoms in total. The minimum atomic E-state index is 0.374. The Labute approximate surface area is 122 Å². The predicted octanol–water partition coefficient (Wildman–Crippen LogP) is 2.77. The maximum atomic E-state index is 5.25. The average Bonchev–Trinajstić information content (AvgIpc) is 3.18. The molecule has 4 rings (SSSR count). The van der Waals surface area contributed by atoms with Gasteiger partial charge in [-0.25, -0.2) is 4.98 Å². The van der Waals surface area contributed by atoms with Crippen molar-refractivity contribution in [1.29, 1.82) is 0 Å². The molecule has 0 amide bonds.